The number of H-pyrrole nitrogens is 1. The van der Waals surface area contributed by atoms with E-state index in [2.05, 4.69) is 4.98 Å². The number of para-hydroxylation sites is 2. The lowest BCUT2D eigenvalue weighted by atomic mass is 9.96. The summed E-state index contributed by atoms with van der Waals surface area (Å²) in [7, 11) is 0. The molecule has 2 N–H and O–H groups in total. The normalized spacial score (nSPS) is 17.8. The van der Waals surface area contributed by atoms with Crippen LogP contribution in [0.3, 0.4) is 0 Å². The zero-order chi connectivity index (χ0) is 17.4. The first-order valence-corrected chi connectivity index (χ1v) is 8.65. The molecule has 128 valence electrons. The molecular formula is C20H21N3O2. The van der Waals surface area contributed by atoms with Crippen LogP contribution in [0.4, 0.5) is 0 Å². The van der Waals surface area contributed by atoms with Crippen molar-refractivity contribution in [3.63, 3.8) is 0 Å². The smallest absolute Gasteiger partial charge is 0.257 e. The summed E-state index contributed by atoms with van der Waals surface area (Å²) in [6.45, 7) is 3.25. The molecule has 25 heavy (non-hydrogen) atoms. The zero-order valence-corrected chi connectivity index (χ0v) is 14.2. The molecule has 0 saturated carbocycles. The van der Waals surface area contributed by atoms with Gasteiger partial charge in [-0.3, -0.25) is 4.79 Å². The van der Waals surface area contributed by atoms with Gasteiger partial charge in [-0.05, 0) is 44.0 Å². The second-order valence-corrected chi connectivity index (χ2v) is 6.75. The summed E-state index contributed by atoms with van der Waals surface area (Å²) in [5.74, 6) is 1.06. The number of carbonyl (C=O) groups is 1. The number of aryl methyl sites for hydroxylation is 1. The predicted octanol–water partition coefficient (Wildman–Crippen LogP) is 3.60. The van der Waals surface area contributed by atoms with Crippen LogP contribution in [0.15, 0.2) is 42.5 Å². The van der Waals surface area contributed by atoms with Crippen molar-refractivity contribution >= 4 is 16.9 Å². The molecule has 1 aliphatic heterocycles. The van der Waals surface area contributed by atoms with Crippen LogP contribution in [0.25, 0.3) is 11.0 Å². The van der Waals surface area contributed by atoms with Crippen molar-refractivity contribution in [2.45, 2.75) is 25.7 Å². The first-order chi connectivity index (χ1) is 12.1. The van der Waals surface area contributed by atoms with Gasteiger partial charge in [-0.1, -0.05) is 23.8 Å². The van der Waals surface area contributed by atoms with Crippen LogP contribution in [-0.4, -0.2) is 39.0 Å². The number of hydrogen-bond acceptors (Lipinski definition) is 3. The fourth-order valence-corrected chi connectivity index (χ4v) is 3.54. The molecular weight excluding hydrogens is 314 g/mol. The lowest BCUT2D eigenvalue weighted by molar-refractivity contribution is 0.0702. The van der Waals surface area contributed by atoms with Crippen molar-refractivity contribution in [1.82, 2.24) is 14.9 Å². The Morgan fingerprint density at radius 3 is 2.96 bits per heavy atom. The third kappa shape index (κ3) is 2.97. The maximum absolute atomic E-state index is 12.9. The molecule has 1 amide bonds. The van der Waals surface area contributed by atoms with Crippen molar-refractivity contribution in [2.24, 2.45) is 0 Å². The van der Waals surface area contributed by atoms with Crippen molar-refractivity contribution in [2.75, 3.05) is 13.1 Å². The molecule has 0 bridgehead atoms. The largest absolute Gasteiger partial charge is 0.507 e. The highest BCUT2D eigenvalue weighted by atomic mass is 16.3. The van der Waals surface area contributed by atoms with E-state index in [4.69, 9.17) is 4.98 Å². The molecule has 0 radical (unpaired) electrons. The van der Waals surface area contributed by atoms with Crippen LogP contribution >= 0.6 is 0 Å². The Labute approximate surface area is 146 Å². The molecule has 1 atom stereocenters. The fourth-order valence-electron chi connectivity index (χ4n) is 3.54. The second kappa shape index (κ2) is 6.24. The van der Waals surface area contributed by atoms with Crippen LogP contribution in [-0.2, 0) is 0 Å². The molecule has 0 aliphatic carbocycles. The Morgan fingerprint density at radius 1 is 1.28 bits per heavy atom. The third-order valence-corrected chi connectivity index (χ3v) is 4.89. The molecule has 1 unspecified atom stereocenters. The quantitative estimate of drug-likeness (QED) is 0.752. The van der Waals surface area contributed by atoms with Crippen LogP contribution in [0.5, 0.6) is 5.75 Å². The Balaban J connectivity index is 1.58. The number of aromatic hydroxyl groups is 1. The molecule has 2 aromatic carbocycles. The first-order valence-electron chi connectivity index (χ1n) is 8.65. The van der Waals surface area contributed by atoms with Gasteiger partial charge in [0.2, 0.25) is 0 Å². The van der Waals surface area contributed by atoms with Gasteiger partial charge in [0.15, 0.2) is 0 Å². The molecule has 5 heteroatoms. The van der Waals surface area contributed by atoms with Crippen LogP contribution in [0, 0.1) is 6.92 Å². The summed E-state index contributed by atoms with van der Waals surface area (Å²) in [6.07, 6.45) is 1.93. The molecule has 4 rings (SSSR count). The van der Waals surface area contributed by atoms with Gasteiger partial charge in [0.25, 0.3) is 5.91 Å². The Hall–Kier alpha value is -2.82. The van der Waals surface area contributed by atoms with Gasteiger partial charge < -0.3 is 15.0 Å². The number of rotatable bonds is 2. The van der Waals surface area contributed by atoms with Gasteiger partial charge in [0, 0.05) is 19.0 Å². The topological polar surface area (TPSA) is 69.2 Å². The summed E-state index contributed by atoms with van der Waals surface area (Å²) < 4.78 is 0. The summed E-state index contributed by atoms with van der Waals surface area (Å²) in [4.78, 5) is 22.8. The minimum Gasteiger partial charge on any atom is -0.507 e. The lowest BCUT2D eigenvalue weighted by Gasteiger charge is -2.32. The lowest BCUT2D eigenvalue weighted by Crippen LogP contribution is -2.39. The average Bonchev–Trinajstić information content (AvgIpc) is 3.07. The van der Waals surface area contributed by atoms with Gasteiger partial charge in [-0.2, -0.15) is 0 Å². The molecule has 1 aromatic heterocycles. The second-order valence-electron chi connectivity index (χ2n) is 6.75. The zero-order valence-electron chi connectivity index (χ0n) is 14.2. The molecule has 1 aliphatic rings. The molecule has 5 nitrogen and oxygen atoms in total. The van der Waals surface area contributed by atoms with E-state index < -0.39 is 0 Å². The molecule has 0 spiro atoms. The van der Waals surface area contributed by atoms with Crippen molar-refractivity contribution < 1.29 is 9.90 Å². The number of benzene rings is 2. The van der Waals surface area contributed by atoms with E-state index in [0.717, 1.165) is 35.3 Å². The van der Waals surface area contributed by atoms with E-state index in [1.54, 1.807) is 18.2 Å². The summed E-state index contributed by atoms with van der Waals surface area (Å²) >= 11 is 0. The summed E-state index contributed by atoms with van der Waals surface area (Å²) in [5.41, 5.74) is 3.33. The summed E-state index contributed by atoms with van der Waals surface area (Å²) in [5, 5.41) is 10.0. The monoisotopic (exact) mass is 335 g/mol. The standard InChI is InChI=1S/C20H21N3O2/c1-13-8-9-18(24)15(11-13)20(25)23-10-4-5-14(12-23)19-21-16-6-2-3-7-17(16)22-19/h2-3,6-9,11,14,24H,4-5,10,12H2,1H3,(H,21,22). The van der Waals surface area contributed by atoms with Crippen LogP contribution < -0.4 is 0 Å². The van der Waals surface area contributed by atoms with E-state index in [9.17, 15) is 9.90 Å². The number of piperidine rings is 1. The summed E-state index contributed by atoms with van der Waals surface area (Å²) in [6, 6.07) is 13.1. The highest BCUT2D eigenvalue weighted by molar-refractivity contribution is 5.97. The number of imidazole rings is 1. The average molecular weight is 335 g/mol. The number of phenols is 1. The highest BCUT2D eigenvalue weighted by Gasteiger charge is 2.28. The highest BCUT2D eigenvalue weighted by Crippen LogP contribution is 2.29. The number of aromatic nitrogens is 2. The minimum absolute atomic E-state index is 0.0430. The van der Waals surface area contributed by atoms with Crippen molar-refractivity contribution in [1.29, 1.82) is 0 Å². The van der Waals surface area contributed by atoms with Crippen LogP contribution in [0.2, 0.25) is 0 Å². The number of carbonyl (C=O) groups excluding carboxylic acids is 1. The molecule has 1 saturated heterocycles. The predicted molar refractivity (Wildman–Crippen MR) is 96.8 cm³/mol. The number of fused-ring (bicyclic) bond motifs is 1. The van der Waals surface area contributed by atoms with Gasteiger partial charge in [-0.15, -0.1) is 0 Å². The Morgan fingerprint density at radius 2 is 2.12 bits per heavy atom. The molecule has 2 heterocycles. The van der Waals surface area contributed by atoms with Crippen molar-refractivity contribution in [3.8, 4) is 5.75 Å². The fraction of sp³-hybridized carbons (Fsp3) is 0.300. The minimum atomic E-state index is -0.109. The van der Waals surface area contributed by atoms with Gasteiger partial charge in [0.1, 0.15) is 11.6 Å². The van der Waals surface area contributed by atoms with Crippen molar-refractivity contribution in [3.05, 3.63) is 59.4 Å². The van der Waals surface area contributed by atoms with E-state index in [1.165, 1.54) is 0 Å². The number of hydrogen-bond donors (Lipinski definition) is 2. The SMILES string of the molecule is Cc1ccc(O)c(C(=O)N2CCCC(c3nc4ccccc4[nH]3)C2)c1. The van der Waals surface area contributed by atoms with Gasteiger partial charge in [-0.25, -0.2) is 4.98 Å². The van der Waals surface area contributed by atoms with Gasteiger partial charge in [0.05, 0.1) is 16.6 Å². The van der Waals surface area contributed by atoms with E-state index in [0.29, 0.717) is 18.7 Å². The van der Waals surface area contributed by atoms with E-state index in [-0.39, 0.29) is 17.6 Å². The third-order valence-electron chi connectivity index (χ3n) is 4.89. The maximum atomic E-state index is 12.9. The maximum Gasteiger partial charge on any atom is 0.257 e. The van der Waals surface area contributed by atoms with E-state index >= 15 is 0 Å². The number of amides is 1. The van der Waals surface area contributed by atoms with Crippen LogP contribution in [0.1, 0.15) is 40.5 Å². The Bertz CT molecular complexity index is 899. The number of nitrogens with zero attached hydrogens (tertiary/aromatic N) is 2. The molecule has 1 fully saturated rings. The number of phenolic OH excluding ortho intramolecular Hbond substituents is 1. The molecule has 3 aromatic rings. The van der Waals surface area contributed by atoms with E-state index in [1.807, 2.05) is 36.1 Å². The first kappa shape index (κ1) is 15.7. The van der Waals surface area contributed by atoms with Gasteiger partial charge >= 0.3 is 0 Å². The number of aromatic amines is 1. The number of nitrogens with one attached hydrogen (secondary N) is 1. The number of likely N-dealkylation sites (tertiary alicyclic amines) is 1. The Kier molecular flexibility index (Phi) is 3.92.